The molecule has 1 aliphatic heterocycles. The van der Waals surface area contributed by atoms with Crippen molar-refractivity contribution >= 4 is 17.4 Å². The summed E-state index contributed by atoms with van der Waals surface area (Å²) < 4.78 is 10.4. The highest BCUT2D eigenvalue weighted by Gasteiger charge is 2.45. The molecule has 2 aromatic carbocycles. The Morgan fingerprint density at radius 3 is 2.50 bits per heavy atom. The van der Waals surface area contributed by atoms with Crippen LogP contribution in [0.15, 0.2) is 60.2 Å². The number of carbonyl (C=O) groups is 2. The first kappa shape index (κ1) is 19.6. The molecule has 0 spiro atoms. The van der Waals surface area contributed by atoms with Crippen LogP contribution in [-0.2, 0) is 14.3 Å². The van der Waals surface area contributed by atoms with E-state index in [9.17, 15) is 14.7 Å². The standard InChI is InChI=1S/C22H23NO5/c1-27-13-7-12-23-19(16-10-6-11-17(14-16)28-2)18(21(25)22(23)26)20(24)15-8-4-3-5-9-15/h3-6,8-11,14,19,24H,7,12-13H2,1-2H3/t19-/m1/s1. The predicted molar refractivity (Wildman–Crippen MR) is 105 cm³/mol. The fraction of sp³-hybridized carbons (Fsp3) is 0.273. The van der Waals surface area contributed by atoms with E-state index in [0.717, 1.165) is 0 Å². The molecule has 6 nitrogen and oxygen atoms in total. The molecule has 0 radical (unpaired) electrons. The highest BCUT2D eigenvalue weighted by molar-refractivity contribution is 6.46. The predicted octanol–water partition coefficient (Wildman–Crippen LogP) is 3.15. The van der Waals surface area contributed by atoms with E-state index in [-0.39, 0.29) is 11.3 Å². The zero-order valence-electron chi connectivity index (χ0n) is 15.9. The lowest BCUT2D eigenvalue weighted by Gasteiger charge is -2.25. The summed E-state index contributed by atoms with van der Waals surface area (Å²) in [6.07, 6.45) is 0.579. The maximum Gasteiger partial charge on any atom is 0.295 e. The Labute approximate surface area is 164 Å². The van der Waals surface area contributed by atoms with Crippen LogP contribution in [0.5, 0.6) is 5.75 Å². The first-order chi connectivity index (χ1) is 13.6. The number of ketones is 1. The van der Waals surface area contributed by atoms with E-state index < -0.39 is 17.7 Å². The fourth-order valence-electron chi connectivity index (χ4n) is 3.40. The van der Waals surface area contributed by atoms with Crippen LogP contribution in [0.1, 0.15) is 23.6 Å². The van der Waals surface area contributed by atoms with Crippen molar-refractivity contribution in [2.75, 3.05) is 27.4 Å². The number of Topliss-reactive ketones (excluding diaryl/α,β-unsaturated/α-hetero) is 1. The number of ether oxygens (including phenoxy) is 2. The second kappa shape index (κ2) is 8.71. The number of rotatable bonds is 7. The molecule has 1 N–H and O–H groups in total. The number of methoxy groups -OCH3 is 2. The molecule has 28 heavy (non-hydrogen) atoms. The molecule has 1 fully saturated rings. The van der Waals surface area contributed by atoms with Crippen molar-refractivity contribution in [1.29, 1.82) is 0 Å². The normalized spacial score (nSPS) is 18.5. The van der Waals surface area contributed by atoms with Gasteiger partial charge in [0, 0.05) is 25.8 Å². The molecule has 1 saturated heterocycles. The van der Waals surface area contributed by atoms with Gasteiger partial charge in [-0.1, -0.05) is 42.5 Å². The average Bonchev–Trinajstić information content (AvgIpc) is 2.99. The van der Waals surface area contributed by atoms with Gasteiger partial charge >= 0.3 is 0 Å². The van der Waals surface area contributed by atoms with E-state index in [0.29, 0.717) is 36.4 Å². The van der Waals surface area contributed by atoms with Crippen LogP contribution in [0.25, 0.3) is 5.76 Å². The Hall–Kier alpha value is -3.12. The third-order valence-electron chi connectivity index (χ3n) is 4.74. The molecule has 0 bridgehead atoms. The third-order valence-corrected chi connectivity index (χ3v) is 4.74. The summed E-state index contributed by atoms with van der Waals surface area (Å²) in [7, 11) is 3.14. The maximum atomic E-state index is 12.8. The van der Waals surface area contributed by atoms with E-state index >= 15 is 0 Å². The van der Waals surface area contributed by atoms with Crippen molar-refractivity contribution in [2.45, 2.75) is 12.5 Å². The number of benzene rings is 2. The van der Waals surface area contributed by atoms with Gasteiger partial charge in [-0.2, -0.15) is 0 Å². The molecule has 3 rings (SSSR count). The lowest BCUT2D eigenvalue weighted by atomic mass is 9.95. The summed E-state index contributed by atoms with van der Waals surface area (Å²) >= 11 is 0. The third kappa shape index (κ3) is 3.77. The van der Waals surface area contributed by atoms with Crippen molar-refractivity contribution in [3.63, 3.8) is 0 Å². The largest absolute Gasteiger partial charge is 0.507 e. The average molecular weight is 381 g/mol. The second-order valence-corrected chi connectivity index (χ2v) is 6.48. The van der Waals surface area contributed by atoms with Gasteiger partial charge in [0.1, 0.15) is 11.5 Å². The molecule has 2 aromatic rings. The number of likely N-dealkylation sites (tertiary alicyclic amines) is 1. The van der Waals surface area contributed by atoms with Crippen LogP contribution in [0.2, 0.25) is 0 Å². The molecule has 0 aliphatic carbocycles. The molecule has 0 saturated carbocycles. The number of aliphatic hydroxyl groups excluding tert-OH is 1. The highest BCUT2D eigenvalue weighted by atomic mass is 16.5. The van der Waals surface area contributed by atoms with Crippen molar-refractivity contribution in [3.8, 4) is 5.75 Å². The molecule has 0 aromatic heterocycles. The van der Waals surface area contributed by atoms with Gasteiger partial charge in [0.25, 0.3) is 11.7 Å². The highest BCUT2D eigenvalue weighted by Crippen LogP contribution is 2.40. The summed E-state index contributed by atoms with van der Waals surface area (Å²) in [4.78, 5) is 27.1. The molecule has 1 aliphatic rings. The van der Waals surface area contributed by atoms with Gasteiger partial charge in [-0.15, -0.1) is 0 Å². The molecule has 146 valence electrons. The lowest BCUT2D eigenvalue weighted by molar-refractivity contribution is -0.140. The van der Waals surface area contributed by atoms with Crippen LogP contribution in [0, 0.1) is 0 Å². The first-order valence-corrected chi connectivity index (χ1v) is 9.05. The molecular formula is C22H23NO5. The van der Waals surface area contributed by atoms with Gasteiger partial charge in [0.2, 0.25) is 0 Å². The second-order valence-electron chi connectivity index (χ2n) is 6.48. The van der Waals surface area contributed by atoms with Gasteiger partial charge in [-0.05, 0) is 24.1 Å². The lowest BCUT2D eigenvalue weighted by Crippen LogP contribution is -2.31. The van der Waals surface area contributed by atoms with Crippen LogP contribution in [0.3, 0.4) is 0 Å². The molecule has 6 heteroatoms. The smallest absolute Gasteiger partial charge is 0.295 e. The Morgan fingerprint density at radius 1 is 1.07 bits per heavy atom. The number of hydrogen-bond acceptors (Lipinski definition) is 5. The van der Waals surface area contributed by atoms with Crippen LogP contribution in [0.4, 0.5) is 0 Å². The Balaban J connectivity index is 2.12. The summed E-state index contributed by atoms with van der Waals surface area (Å²) in [6, 6.07) is 15.3. The van der Waals surface area contributed by atoms with Crippen molar-refractivity contribution in [3.05, 3.63) is 71.3 Å². The van der Waals surface area contributed by atoms with Crippen molar-refractivity contribution in [1.82, 2.24) is 4.90 Å². The number of aliphatic hydroxyl groups is 1. The minimum Gasteiger partial charge on any atom is -0.507 e. The summed E-state index contributed by atoms with van der Waals surface area (Å²) in [5.41, 5.74) is 1.28. The molecule has 1 atom stereocenters. The van der Waals surface area contributed by atoms with Crippen molar-refractivity contribution in [2.24, 2.45) is 0 Å². The van der Waals surface area contributed by atoms with Crippen LogP contribution >= 0.6 is 0 Å². The minimum absolute atomic E-state index is 0.0851. The number of nitrogens with zero attached hydrogens (tertiary/aromatic N) is 1. The molecular weight excluding hydrogens is 358 g/mol. The fourth-order valence-corrected chi connectivity index (χ4v) is 3.40. The minimum atomic E-state index is -0.688. The number of amides is 1. The number of carbonyl (C=O) groups excluding carboxylic acids is 2. The quantitative estimate of drug-likeness (QED) is 0.345. The summed E-state index contributed by atoms with van der Waals surface area (Å²) in [5, 5.41) is 10.9. The monoisotopic (exact) mass is 381 g/mol. The topological polar surface area (TPSA) is 76.1 Å². The van der Waals surface area contributed by atoms with Gasteiger partial charge in [0.15, 0.2) is 0 Å². The SMILES string of the molecule is COCCCN1C(=O)C(=O)C(=C(O)c2ccccc2)[C@H]1c1cccc(OC)c1. The summed E-state index contributed by atoms with van der Waals surface area (Å²) in [5.74, 6) is -0.881. The zero-order chi connectivity index (χ0) is 20.1. The molecule has 0 unspecified atom stereocenters. The Bertz CT molecular complexity index is 891. The molecule has 1 amide bonds. The van der Waals surface area contributed by atoms with E-state index in [1.165, 1.54) is 4.90 Å². The van der Waals surface area contributed by atoms with Gasteiger partial charge < -0.3 is 19.5 Å². The van der Waals surface area contributed by atoms with Gasteiger partial charge in [-0.3, -0.25) is 9.59 Å². The Kier molecular flexibility index (Phi) is 6.11. The van der Waals surface area contributed by atoms with E-state index in [2.05, 4.69) is 0 Å². The zero-order valence-corrected chi connectivity index (χ0v) is 15.9. The van der Waals surface area contributed by atoms with E-state index in [1.54, 1.807) is 56.7 Å². The van der Waals surface area contributed by atoms with Crippen LogP contribution < -0.4 is 4.74 Å². The van der Waals surface area contributed by atoms with Gasteiger partial charge in [0.05, 0.1) is 18.7 Å². The van der Waals surface area contributed by atoms with Crippen LogP contribution in [-0.4, -0.2) is 49.1 Å². The summed E-state index contributed by atoms with van der Waals surface area (Å²) in [6.45, 7) is 0.804. The Morgan fingerprint density at radius 2 is 1.82 bits per heavy atom. The van der Waals surface area contributed by atoms with Crippen molar-refractivity contribution < 1.29 is 24.2 Å². The van der Waals surface area contributed by atoms with E-state index in [1.807, 2.05) is 12.1 Å². The first-order valence-electron chi connectivity index (χ1n) is 9.05. The molecule has 1 heterocycles. The van der Waals surface area contributed by atoms with Gasteiger partial charge in [-0.25, -0.2) is 0 Å². The van der Waals surface area contributed by atoms with E-state index in [4.69, 9.17) is 9.47 Å². The number of hydrogen-bond donors (Lipinski definition) is 1. The maximum absolute atomic E-state index is 12.8.